The molecule has 7 nitrogen and oxygen atoms in total. The van der Waals surface area contributed by atoms with Crippen LogP contribution in [-0.4, -0.2) is 41.5 Å². The average molecular weight is 423 g/mol. The summed E-state index contributed by atoms with van der Waals surface area (Å²) < 4.78 is 42.0. The van der Waals surface area contributed by atoms with Gasteiger partial charge in [0.1, 0.15) is 11.6 Å². The SMILES string of the molecule is Cc1cc(NC(=O)C2CCCN(S(=O)(=O)c3ccc(F)cc3)C2)n(C(C)(C)C)n1. The Morgan fingerprint density at radius 2 is 1.90 bits per heavy atom. The first-order valence-electron chi connectivity index (χ1n) is 9.62. The van der Waals surface area contributed by atoms with Gasteiger partial charge < -0.3 is 5.32 Å². The molecule has 0 spiro atoms. The van der Waals surface area contributed by atoms with Crippen molar-refractivity contribution < 1.29 is 17.6 Å². The van der Waals surface area contributed by atoms with Gasteiger partial charge >= 0.3 is 0 Å². The number of aromatic nitrogens is 2. The smallest absolute Gasteiger partial charge is 0.243 e. The molecule has 0 bridgehead atoms. The summed E-state index contributed by atoms with van der Waals surface area (Å²) in [6, 6.07) is 6.55. The number of hydrogen-bond donors (Lipinski definition) is 1. The fourth-order valence-electron chi connectivity index (χ4n) is 3.46. The van der Waals surface area contributed by atoms with E-state index in [1.54, 1.807) is 10.7 Å². The number of halogens is 1. The highest BCUT2D eigenvalue weighted by molar-refractivity contribution is 7.89. The summed E-state index contributed by atoms with van der Waals surface area (Å²) in [5.74, 6) is -0.596. The van der Waals surface area contributed by atoms with E-state index in [9.17, 15) is 17.6 Å². The van der Waals surface area contributed by atoms with Gasteiger partial charge in [-0.15, -0.1) is 0 Å². The highest BCUT2D eigenvalue weighted by Crippen LogP contribution is 2.26. The van der Waals surface area contributed by atoms with Crippen molar-refractivity contribution in [2.75, 3.05) is 18.4 Å². The van der Waals surface area contributed by atoms with E-state index >= 15 is 0 Å². The van der Waals surface area contributed by atoms with E-state index in [0.29, 0.717) is 25.2 Å². The van der Waals surface area contributed by atoms with Crippen LogP contribution in [0.15, 0.2) is 35.2 Å². The Hall–Kier alpha value is -2.26. The number of rotatable bonds is 4. The second-order valence-electron chi connectivity index (χ2n) is 8.40. The van der Waals surface area contributed by atoms with Gasteiger partial charge in [-0.25, -0.2) is 17.5 Å². The van der Waals surface area contributed by atoms with Crippen LogP contribution in [0.4, 0.5) is 10.2 Å². The number of carbonyl (C=O) groups excluding carboxylic acids is 1. The molecule has 1 aliphatic heterocycles. The molecule has 1 aliphatic rings. The lowest BCUT2D eigenvalue weighted by atomic mass is 9.99. The molecular weight excluding hydrogens is 395 g/mol. The number of sulfonamides is 1. The van der Waals surface area contributed by atoms with Gasteiger partial charge in [-0.2, -0.15) is 9.40 Å². The number of nitrogens with one attached hydrogen (secondary N) is 1. The minimum Gasteiger partial charge on any atom is -0.311 e. The molecular formula is C20H27FN4O3S. The maximum atomic E-state index is 13.1. The Morgan fingerprint density at radius 1 is 1.24 bits per heavy atom. The number of carbonyl (C=O) groups is 1. The summed E-state index contributed by atoms with van der Waals surface area (Å²) in [6.07, 6.45) is 1.18. The largest absolute Gasteiger partial charge is 0.311 e. The van der Waals surface area contributed by atoms with Gasteiger partial charge in [0, 0.05) is 19.2 Å². The molecule has 0 saturated carbocycles. The second kappa shape index (κ2) is 7.87. The van der Waals surface area contributed by atoms with Crippen LogP contribution in [0.3, 0.4) is 0 Å². The standard InChI is InChI=1S/C20H27FN4O3S/c1-14-12-18(25(23-14)20(2,3)4)22-19(26)15-6-5-11-24(13-15)29(27,28)17-9-7-16(21)8-10-17/h7-10,12,15H,5-6,11,13H2,1-4H3,(H,22,26). The van der Waals surface area contributed by atoms with Gasteiger partial charge in [-0.1, -0.05) is 0 Å². The fourth-order valence-corrected chi connectivity index (χ4v) is 4.98. The molecule has 1 fully saturated rings. The normalized spacial score (nSPS) is 18.6. The average Bonchev–Trinajstić information content (AvgIpc) is 3.03. The Kier molecular flexibility index (Phi) is 5.82. The highest BCUT2D eigenvalue weighted by atomic mass is 32.2. The monoisotopic (exact) mass is 422 g/mol. The summed E-state index contributed by atoms with van der Waals surface area (Å²) in [6.45, 7) is 8.26. The number of piperidine rings is 1. The summed E-state index contributed by atoms with van der Waals surface area (Å²) >= 11 is 0. The first-order valence-corrected chi connectivity index (χ1v) is 11.1. The number of anilines is 1. The lowest BCUT2D eigenvalue weighted by Gasteiger charge is -2.31. The van der Waals surface area contributed by atoms with Crippen LogP contribution >= 0.6 is 0 Å². The van der Waals surface area contributed by atoms with Crippen LogP contribution in [0.1, 0.15) is 39.3 Å². The summed E-state index contributed by atoms with van der Waals surface area (Å²) in [7, 11) is -3.78. The van der Waals surface area contributed by atoms with Crippen molar-refractivity contribution in [1.82, 2.24) is 14.1 Å². The fraction of sp³-hybridized carbons (Fsp3) is 0.500. The minimum absolute atomic E-state index is 0.0291. The van der Waals surface area contributed by atoms with Crippen LogP contribution in [-0.2, 0) is 20.4 Å². The molecule has 1 unspecified atom stereocenters. The quantitative estimate of drug-likeness (QED) is 0.820. The third-order valence-electron chi connectivity index (χ3n) is 4.92. The molecule has 2 heterocycles. The molecule has 1 atom stereocenters. The van der Waals surface area contributed by atoms with Crippen molar-refractivity contribution in [3.05, 3.63) is 41.8 Å². The summed E-state index contributed by atoms with van der Waals surface area (Å²) in [4.78, 5) is 12.9. The van der Waals surface area contributed by atoms with Crippen LogP contribution in [0, 0.1) is 18.7 Å². The molecule has 1 amide bonds. The van der Waals surface area contributed by atoms with Gasteiger partial charge in [0.15, 0.2) is 0 Å². The van der Waals surface area contributed by atoms with Crippen LogP contribution in [0.5, 0.6) is 0 Å². The minimum atomic E-state index is -3.78. The maximum Gasteiger partial charge on any atom is 0.243 e. The first-order chi connectivity index (χ1) is 13.5. The van der Waals surface area contributed by atoms with Crippen LogP contribution in [0.2, 0.25) is 0 Å². The van der Waals surface area contributed by atoms with E-state index in [1.165, 1.54) is 16.4 Å². The molecule has 29 heavy (non-hydrogen) atoms. The molecule has 1 aromatic heterocycles. The van der Waals surface area contributed by atoms with E-state index in [-0.39, 0.29) is 22.9 Å². The number of aryl methyl sites for hydroxylation is 1. The van der Waals surface area contributed by atoms with Gasteiger partial charge in [0.25, 0.3) is 0 Å². The predicted octanol–water partition coefficient (Wildman–Crippen LogP) is 3.13. The van der Waals surface area contributed by atoms with E-state index < -0.39 is 21.8 Å². The van der Waals surface area contributed by atoms with Gasteiger partial charge in [-0.3, -0.25) is 4.79 Å². The Morgan fingerprint density at radius 3 is 2.52 bits per heavy atom. The third kappa shape index (κ3) is 4.67. The maximum absolute atomic E-state index is 13.1. The number of benzene rings is 1. The van der Waals surface area contributed by atoms with E-state index in [4.69, 9.17) is 0 Å². The molecule has 158 valence electrons. The lowest BCUT2D eigenvalue weighted by Crippen LogP contribution is -2.44. The molecule has 9 heteroatoms. The zero-order chi connectivity index (χ0) is 21.4. The van der Waals surface area contributed by atoms with Gasteiger partial charge in [0.2, 0.25) is 15.9 Å². The summed E-state index contributed by atoms with van der Waals surface area (Å²) in [5, 5.41) is 7.36. The Labute approximate surface area is 171 Å². The van der Waals surface area contributed by atoms with Crippen molar-refractivity contribution in [2.45, 2.75) is 51.0 Å². The second-order valence-corrected chi connectivity index (χ2v) is 10.3. The topological polar surface area (TPSA) is 84.3 Å². The van der Waals surface area contributed by atoms with E-state index in [0.717, 1.165) is 17.8 Å². The molecule has 1 N–H and O–H groups in total. The third-order valence-corrected chi connectivity index (χ3v) is 6.80. The molecule has 0 aliphatic carbocycles. The van der Waals surface area contributed by atoms with E-state index in [2.05, 4.69) is 10.4 Å². The molecule has 1 aromatic carbocycles. The molecule has 2 aromatic rings. The summed E-state index contributed by atoms with van der Waals surface area (Å²) in [5.41, 5.74) is 0.487. The van der Waals surface area contributed by atoms with Crippen molar-refractivity contribution in [3.8, 4) is 0 Å². The lowest BCUT2D eigenvalue weighted by molar-refractivity contribution is -0.120. The Bertz CT molecular complexity index is 994. The first kappa shape index (κ1) is 21.4. The number of amides is 1. The highest BCUT2D eigenvalue weighted by Gasteiger charge is 2.34. The van der Waals surface area contributed by atoms with Crippen LogP contribution < -0.4 is 5.32 Å². The van der Waals surface area contributed by atoms with Crippen LogP contribution in [0.25, 0.3) is 0 Å². The van der Waals surface area contributed by atoms with Crippen molar-refractivity contribution >= 4 is 21.7 Å². The molecule has 1 saturated heterocycles. The van der Waals surface area contributed by atoms with E-state index in [1.807, 2.05) is 27.7 Å². The zero-order valence-corrected chi connectivity index (χ0v) is 18.0. The Balaban J connectivity index is 1.76. The zero-order valence-electron chi connectivity index (χ0n) is 17.1. The number of hydrogen-bond acceptors (Lipinski definition) is 4. The predicted molar refractivity (Wildman–Crippen MR) is 108 cm³/mol. The van der Waals surface area contributed by atoms with Crippen molar-refractivity contribution in [1.29, 1.82) is 0 Å². The van der Waals surface area contributed by atoms with Gasteiger partial charge in [-0.05, 0) is 64.8 Å². The van der Waals surface area contributed by atoms with Crippen molar-refractivity contribution in [2.24, 2.45) is 5.92 Å². The number of nitrogens with zero attached hydrogens (tertiary/aromatic N) is 3. The molecule has 0 radical (unpaired) electrons. The molecule has 3 rings (SSSR count). The van der Waals surface area contributed by atoms with Crippen molar-refractivity contribution in [3.63, 3.8) is 0 Å². The van der Waals surface area contributed by atoms with Gasteiger partial charge in [0.05, 0.1) is 22.0 Å².